The van der Waals surface area contributed by atoms with Gasteiger partial charge in [-0.15, -0.1) is 13.2 Å². The Hall–Kier alpha value is -1.52. The number of allylic oxidation sites excluding steroid dienone is 2. The van der Waals surface area contributed by atoms with E-state index in [2.05, 4.69) is 16.9 Å². The van der Waals surface area contributed by atoms with E-state index in [-0.39, 0.29) is 12.4 Å². The first-order chi connectivity index (χ1) is 15.4. The summed E-state index contributed by atoms with van der Waals surface area (Å²) in [4.78, 5) is 0. The Kier molecular flexibility index (Phi) is 9.92. The molecule has 2 fully saturated rings. The molecule has 0 heterocycles. The highest BCUT2D eigenvalue weighted by Gasteiger charge is 2.31. The van der Waals surface area contributed by atoms with Crippen LogP contribution in [0.15, 0.2) is 36.4 Å². The van der Waals surface area contributed by atoms with Crippen molar-refractivity contribution in [1.29, 1.82) is 0 Å². The second kappa shape index (κ2) is 12.6. The van der Waals surface area contributed by atoms with Crippen LogP contribution < -0.4 is 4.74 Å². The number of unbranched alkanes of at least 4 members (excludes halogenated alkanes) is 2. The molecule has 1 nitrogen and oxygen atoms in total. The van der Waals surface area contributed by atoms with Crippen molar-refractivity contribution in [3.8, 4) is 5.75 Å². The summed E-state index contributed by atoms with van der Waals surface area (Å²) in [5, 5.41) is 0. The van der Waals surface area contributed by atoms with Crippen molar-refractivity contribution in [3.05, 3.63) is 42.0 Å². The van der Waals surface area contributed by atoms with E-state index < -0.39 is 6.36 Å². The molecule has 0 aliphatic heterocycles. The zero-order valence-electron chi connectivity index (χ0n) is 19.1. The summed E-state index contributed by atoms with van der Waals surface area (Å²) in [6.07, 6.45) is 15.3. The highest BCUT2D eigenvalue weighted by Crippen LogP contribution is 2.40. The average molecular weight is 455 g/mol. The standard InChI is InChI=1S/C27H38F4O/c28-20-4-2-1-3-5-21-6-8-22(9-7-21)10-11-23-12-14-24(15-13-23)25-16-18-26(19-17-25)32-27(29,30)31/h3,5,16-19,21-24H,1-2,4,6-15,20H2/t21-,22-,23-,24-. The number of rotatable bonds is 10. The molecule has 0 bridgehead atoms. The molecule has 0 saturated heterocycles. The van der Waals surface area contributed by atoms with Gasteiger partial charge in [0.15, 0.2) is 0 Å². The van der Waals surface area contributed by atoms with E-state index >= 15 is 0 Å². The van der Waals surface area contributed by atoms with Gasteiger partial charge in [-0.2, -0.15) is 0 Å². The lowest BCUT2D eigenvalue weighted by Gasteiger charge is -2.31. The molecule has 180 valence electrons. The largest absolute Gasteiger partial charge is 0.573 e. The Labute approximate surface area is 190 Å². The zero-order valence-corrected chi connectivity index (χ0v) is 19.1. The molecule has 3 rings (SSSR count). The maximum atomic E-state index is 12.3. The zero-order chi connectivity index (χ0) is 22.8. The summed E-state index contributed by atoms with van der Waals surface area (Å²) in [5.74, 6) is 2.70. The predicted octanol–water partition coefficient (Wildman–Crippen LogP) is 9.14. The molecule has 1 aromatic carbocycles. The molecule has 0 unspecified atom stereocenters. The summed E-state index contributed by atoms with van der Waals surface area (Å²) in [7, 11) is 0. The first-order valence-corrected chi connectivity index (χ1v) is 12.5. The van der Waals surface area contributed by atoms with Crippen LogP contribution in [0.4, 0.5) is 17.6 Å². The fraction of sp³-hybridized carbons (Fsp3) is 0.704. The first kappa shape index (κ1) is 25.1. The number of benzene rings is 1. The van der Waals surface area contributed by atoms with Gasteiger partial charge in [0.05, 0.1) is 6.67 Å². The molecule has 5 heteroatoms. The van der Waals surface area contributed by atoms with Crippen LogP contribution in [0.3, 0.4) is 0 Å². The quantitative estimate of drug-likeness (QED) is 0.194. The van der Waals surface area contributed by atoms with Gasteiger partial charge in [-0.25, -0.2) is 0 Å². The minimum absolute atomic E-state index is 0.142. The van der Waals surface area contributed by atoms with E-state index in [0.29, 0.717) is 12.3 Å². The molecule has 2 aliphatic rings. The minimum atomic E-state index is -4.63. The SMILES string of the molecule is FCCCCC=C[C@H]1CC[C@H](CC[C@H]2CC[C@H](c3ccc(OC(F)(F)F)cc3)CC2)CC1. The maximum absolute atomic E-state index is 12.3. The Morgan fingerprint density at radius 3 is 1.97 bits per heavy atom. The summed E-state index contributed by atoms with van der Waals surface area (Å²) < 4.78 is 53.0. The van der Waals surface area contributed by atoms with Crippen LogP contribution in [0.25, 0.3) is 0 Å². The van der Waals surface area contributed by atoms with Crippen LogP contribution in [0, 0.1) is 17.8 Å². The van der Waals surface area contributed by atoms with Crippen LogP contribution in [-0.2, 0) is 0 Å². The number of halogens is 4. The summed E-state index contributed by atoms with van der Waals surface area (Å²) >= 11 is 0. The van der Waals surface area contributed by atoms with Crippen LogP contribution >= 0.6 is 0 Å². The first-order valence-electron chi connectivity index (χ1n) is 12.5. The Bertz CT molecular complexity index is 666. The lowest BCUT2D eigenvalue weighted by atomic mass is 9.74. The molecule has 0 spiro atoms. The van der Waals surface area contributed by atoms with E-state index in [1.165, 1.54) is 63.5 Å². The molecule has 1 aromatic rings. The molecule has 2 saturated carbocycles. The van der Waals surface area contributed by atoms with Crippen molar-refractivity contribution < 1.29 is 22.3 Å². The van der Waals surface area contributed by atoms with Gasteiger partial charge in [0, 0.05) is 0 Å². The summed E-state index contributed by atoms with van der Waals surface area (Å²) in [6.45, 7) is -0.200. The smallest absolute Gasteiger partial charge is 0.406 e. The number of alkyl halides is 4. The van der Waals surface area contributed by atoms with Gasteiger partial charge < -0.3 is 4.74 Å². The van der Waals surface area contributed by atoms with Crippen LogP contribution in [0.1, 0.15) is 95.0 Å². The van der Waals surface area contributed by atoms with Gasteiger partial charge >= 0.3 is 6.36 Å². The van der Waals surface area contributed by atoms with Crippen LogP contribution in [0.5, 0.6) is 5.75 Å². The van der Waals surface area contributed by atoms with E-state index in [0.717, 1.165) is 49.0 Å². The van der Waals surface area contributed by atoms with E-state index in [1.807, 2.05) is 0 Å². The molecule has 0 radical (unpaired) electrons. The maximum Gasteiger partial charge on any atom is 0.573 e. The molecular formula is C27H38F4O. The highest BCUT2D eigenvalue weighted by molar-refractivity contribution is 5.29. The van der Waals surface area contributed by atoms with Gasteiger partial charge in [0.2, 0.25) is 0 Å². The van der Waals surface area contributed by atoms with Gasteiger partial charge in [-0.05, 0) is 112 Å². The van der Waals surface area contributed by atoms with E-state index in [9.17, 15) is 17.6 Å². The predicted molar refractivity (Wildman–Crippen MR) is 121 cm³/mol. The molecule has 0 amide bonds. The van der Waals surface area contributed by atoms with Crippen molar-refractivity contribution in [1.82, 2.24) is 0 Å². The topological polar surface area (TPSA) is 9.23 Å². The van der Waals surface area contributed by atoms with Crippen molar-refractivity contribution in [2.24, 2.45) is 17.8 Å². The van der Waals surface area contributed by atoms with E-state index in [1.54, 1.807) is 12.1 Å². The monoisotopic (exact) mass is 454 g/mol. The number of ether oxygens (including phenoxy) is 1. The van der Waals surface area contributed by atoms with Gasteiger partial charge in [0.25, 0.3) is 0 Å². The van der Waals surface area contributed by atoms with Crippen LogP contribution in [-0.4, -0.2) is 13.0 Å². The van der Waals surface area contributed by atoms with Crippen LogP contribution in [0.2, 0.25) is 0 Å². The fourth-order valence-corrected chi connectivity index (χ4v) is 5.51. The van der Waals surface area contributed by atoms with Crippen molar-refractivity contribution in [2.75, 3.05) is 6.67 Å². The van der Waals surface area contributed by atoms with E-state index in [4.69, 9.17) is 0 Å². The molecule has 32 heavy (non-hydrogen) atoms. The summed E-state index contributed by atoms with van der Waals surface area (Å²) in [5.41, 5.74) is 1.13. The molecule has 0 aromatic heterocycles. The Morgan fingerprint density at radius 1 is 0.812 bits per heavy atom. The molecule has 0 atom stereocenters. The second-order valence-electron chi connectivity index (χ2n) is 9.81. The third-order valence-electron chi connectivity index (χ3n) is 7.47. The lowest BCUT2D eigenvalue weighted by Crippen LogP contribution is -2.18. The third-order valence-corrected chi connectivity index (χ3v) is 7.47. The molecule has 2 aliphatic carbocycles. The third kappa shape index (κ3) is 8.78. The van der Waals surface area contributed by atoms with Crippen molar-refractivity contribution >= 4 is 0 Å². The van der Waals surface area contributed by atoms with Gasteiger partial charge in [-0.1, -0.05) is 37.1 Å². The van der Waals surface area contributed by atoms with Gasteiger partial charge in [0.1, 0.15) is 5.75 Å². The molecular weight excluding hydrogens is 416 g/mol. The highest BCUT2D eigenvalue weighted by atomic mass is 19.4. The fourth-order valence-electron chi connectivity index (χ4n) is 5.51. The Morgan fingerprint density at radius 2 is 1.41 bits per heavy atom. The summed E-state index contributed by atoms with van der Waals surface area (Å²) in [6, 6.07) is 6.45. The second-order valence-corrected chi connectivity index (χ2v) is 9.81. The minimum Gasteiger partial charge on any atom is -0.406 e. The number of hydrogen-bond donors (Lipinski definition) is 0. The molecule has 0 N–H and O–H groups in total. The normalized spacial score (nSPS) is 27.0. The van der Waals surface area contributed by atoms with Crippen molar-refractivity contribution in [3.63, 3.8) is 0 Å². The lowest BCUT2D eigenvalue weighted by molar-refractivity contribution is -0.274. The Balaban J connectivity index is 1.30. The van der Waals surface area contributed by atoms with Crippen molar-refractivity contribution in [2.45, 2.75) is 95.8 Å². The average Bonchev–Trinajstić information content (AvgIpc) is 2.78. The number of hydrogen-bond acceptors (Lipinski definition) is 1. The van der Waals surface area contributed by atoms with Gasteiger partial charge in [-0.3, -0.25) is 4.39 Å².